The number of hydrogen-bond donors (Lipinski definition) is 2. The molecule has 0 saturated heterocycles. The maximum atomic E-state index is 13.9. The normalized spacial score (nSPS) is 11.1. The van der Waals surface area contributed by atoms with E-state index >= 15 is 0 Å². The zero-order valence-electron chi connectivity index (χ0n) is 12.5. The van der Waals surface area contributed by atoms with E-state index in [0.717, 1.165) is 18.3 Å². The summed E-state index contributed by atoms with van der Waals surface area (Å²) in [6.07, 6.45) is 3.55. The van der Waals surface area contributed by atoms with Gasteiger partial charge in [-0.1, -0.05) is 0 Å². The molecule has 9 heteroatoms. The summed E-state index contributed by atoms with van der Waals surface area (Å²) < 4.78 is 54.4. The lowest BCUT2D eigenvalue weighted by Crippen LogP contribution is -2.13. The lowest BCUT2D eigenvalue weighted by atomic mass is 10.2. The number of sulfonamides is 1. The SMILES string of the molecule is N#Cc1ccc(NS(=O)(=O)c2c[nH]c(-c3ccncc3F)c2)c(F)c1. The van der Waals surface area contributed by atoms with Gasteiger partial charge in [-0.3, -0.25) is 9.71 Å². The van der Waals surface area contributed by atoms with Crippen molar-refractivity contribution in [3.63, 3.8) is 0 Å². The van der Waals surface area contributed by atoms with Crippen molar-refractivity contribution in [2.75, 3.05) is 4.72 Å². The topological polar surface area (TPSA) is 98.6 Å². The standard InChI is InChI=1S/C16H10F2N4O2S/c17-13-5-10(7-19)1-2-15(13)22-25(23,24)11-6-16(21-8-11)12-3-4-20-9-14(12)18/h1-6,8-9,21-22H. The fraction of sp³-hybridized carbons (Fsp3) is 0. The second kappa shape index (κ2) is 6.33. The Morgan fingerprint density at radius 2 is 1.96 bits per heavy atom. The van der Waals surface area contributed by atoms with E-state index in [-0.39, 0.29) is 27.4 Å². The lowest BCUT2D eigenvalue weighted by molar-refractivity contribution is 0.598. The maximum absolute atomic E-state index is 13.9. The highest BCUT2D eigenvalue weighted by atomic mass is 32.2. The Hall–Kier alpha value is -3.25. The predicted octanol–water partition coefficient (Wildman–Crippen LogP) is 3.03. The highest BCUT2D eigenvalue weighted by molar-refractivity contribution is 7.92. The number of H-pyrrole nitrogens is 1. The van der Waals surface area contributed by atoms with Crippen LogP contribution in [0.3, 0.4) is 0 Å². The van der Waals surface area contributed by atoms with E-state index in [9.17, 15) is 17.2 Å². The van der Waals surface area contributed by atoms with Gasteiger partial charge in [0, 0.05) is 23.7 Å². The van der Waals surface area contributed by atoms with E-state index in [0.29, 0.717) is 0 Å². The summed E-state index contributed by atoms with van der Waals surface area (Å²) in [6, 6.07) is 7.74. The largest absolute Gasteiger partial charge is 0.360 e. The molecule has 0 fully saturated rings. The third-order valence-electron chi connectivity index (χ3n) is 3.37. The minimum absolute atomic E-state index is 0.0672. The summed E-state index contributed by atoms with van der Waals surface area (Å²) in [6.45, 7) is 0. The van der Waals surface area contributed by atoms with Gasteiger partial charge in [-0.2, -0.15) is 5.26 Å². The Balaban J connectivity index is 1.92. The number of nitrogens with zero attached hydrogens (tertiary/aromatic N) is 2. The van der Waals surface area contributed by atoms with Gasteiger partial charge in [0.25, 0.3) is 10.0 Å². The molecule has 0 aliphatic rings. The molecule has 6 nitrogen and oxygen atoms in total. The van der Waals surface area contributed by atoms with Gasteiger partial charge < -0.3 is 4.98 Å². The van der Waals surface area contributed by atoms with Crippen LogP contribution in [-0.4, -0.2) is 18.4 Å². The van der Waals surface area contributed by atoms with Crippen LogP contribution in [0.4, 0.5) is 14.5 Å². The Morgan fingerprint density at radius 3 is 2.64 bits per heavy atom. The summed E-state index contributed by atoms with van der Waals surface area (Å²) in [7, 11) is -4.10. The van der Waals surface area contributed by atoms with Crippen LogP contribution in [0.15, 0.2) is 53.8 Å². The van der Waals surface area contributed by atoms with E-state index in [4.69, 9.17) is 5.26 Å². The van der Waals surface area contributed by atoms with Gasteiger partial charge in [0.1, 0.15) is 10.7 Å². The van der Waals surface area contributed by atoms with Gasteiger partial charge in [-0.25, -0.2) is 17.2 Å². The Kier molecular flexibility index (Phi) is 4.21. The van der Waals surface area contributed by atoms with Gasteiger partial charge >= 0.3 is 0 Å². The van der Waals surface area contributed by atoms with Crippen molar-refractivity contribution in [2.24, 2.45) is 0 Å². The fourth-order valence-corrected chi connectivity index (χ4v) is 3.21. The van der Waals surface area contributed by atoms with Crippen molar-refractivity contribution < 1.29 is 17.2 Å². The third kappa shape index (κ3) is 3.34. The van der Waals surface area contributed by atoms with E-state index in [1.54, 1.807) is 6.07 Å². The zero-order valence-corrected chi connectivity index (χ0v) is 13.3. The molecular formula is C16H10F2N4O2S. The highest BCUT2D eigenvalue weighted by Gasteiger charge is 2.19. The summed E-state index contributed by atoms with van der Waals surface area (Å²) >= 11 is 0. The molecule has 0 aliphatic carbocycles. The molecular weight excluding hydrogens is 350 g/mol. The first kappa shape index (κ1) is 16.6. The van der Waals surface area contributed by atoms with Crippen LogP contribution in [-0.2, 0) is 10.0 Å². The first-order valence-electron chi connectivity index (χ1n) is 6.91. The minimum Gasteiger partial charge on any atom is -0.360 e. The Bertz CT molecular complexity index is 1090. The molecule has 25 heavy (non-hydrogen) atoms. The highest BCUT2D eigenvalue weighted by Crippen LogP contribution is 2.25. The summed E-state index contributed by atoms with van der Waals surface area (Å²) in [5.74, 6) is -1.49. The zero-order chi connectivity index (χ0) is 18.0. The monoisotopic (exact) mass is 360 g/mol. The molecule has 3 aromatic rings. The molecule has 0 bridgehead atoms. The molecule has 1 aromatic carbocycles. The van der Waals surface area contributed by atoms with Crippen molar-refractivity contribution in [2.45, 2.75) is 4.90 Å². The molecule has 2 heterocycles. The Labute approximate surface area is 141 Å². The van der Waals surface area contributed by atoms with Gasteiger partial charge in [0.05, 0.1) is 23.5 Å². The molecule has 2 N–H and O–H groups in total. The summed E-state index contributed by atoms with van der Waals surface area (Å²) in [4.78, 5) is 6.09. The molecule has 0 spiro atoms. The van der Waals surface area contributed by atoms with Gasteiger partial charge in [0.2, 0.25) is 0 Å². The predicted molar refractivity (Wildman–Crippen MR) is 85.9 cm³/mol. The second-order valence-corrected chi connectivity index (χ2v) is 6.70. The van der Waals surface area contributed by atoms with Gasteiger partial charge in [0.15, 0.2) is 5.82 Å². The number of anilines is 1. The molecule has 0 atom stereocenters. The maximum Gasteiger partial charge on any atom is 0.263 e. The average Bonchev–Trinajstić information content (AvgIpc) is 3.08. The van der Waals surface area contributed by atoms with E-state index < -0.39 is 21.7 Å². The van der Waals surface area contributed by atoms with Crippen LogP contribution in [0.2, 0.25) is 0 Å². The molecule has 0 unspecified atom stereocenters. The smallest absolute Gasteiger partial charge is 0.263 e. The van der Waals surface area contributed by atoms with Crippen molar-refractivity contribution in [3.8, 4) is 17.3 Å². The number of hydrogen-bond acceptors (Lipinski definition) is 4. The number of nitriles is 1. The van der Waals surface area contributed by atoms with E-state index in [1.165, 1.54) is 30.6 Å². The first-order chi connectivity index (χ1) is 11.9. The van der Waals surface area contributed by atoms with Crippen LogP contribution >= 0.6 is 0 Å². The molecule has 0 amide bonds. The number of aromatic nitrogens is 2. The molecule has 0 radical (unpaired) electrons. The number of pyridine rings is 1. The number of halogens is 2. The fourth-order valence-electron chi connectivity index (χ4n) is 2.15. The number of benzene rings is 1. The van der Waals surface area contributed by atoms with Crippen molar-refractivity contribution in [3.05, 3.63) is 66.1 Å². The van der Waals surface area contributed by atoms with Gasteiger partial charge in [-0.05, 0) is 30.3 Å². The molecule has 2 aromatic heterocycles. The van der Waals surface area contributed by atoms with Crippen LogP contribution in [0, 0.1) is 23.0 Å². The summed E-state index contributed by atoms with van der Waals surface area (Å²) in [5.41, 5.74) is 0.163. The van der Waals surface area contributed by atoms with Crippen LogP contribution < -0.4 is 4.72 Å². The number of aromatic amines is 1. The number of nitrogens with one attached hydrogen (secondary N) is 2. The number of rotatable bonds is 4. The third-order valence-corrected chi connectivity index (χ3v) is 4.72. The van der Waals surface area contributed by atoms with Crippen LogP contribution in [0.25, 0.3) is 11.3 Å². The van der Waals surface area contributed by atoms with Crippen LogP contribution in [0.5, 0.6) is 0 Å². The minimum atomic E-state index is -4.10. The molecule has 126 valence electrons. The second-order valence-electron chi connectivity index (χ2n) is 5.02. The van der Waals surface area contributed by atoms with Crippen molar-refractivity contribution in [1.82, 2.24) is 9.97 Å². The average molecular weight is 360 g/mol. The first-order valence-corrected chi connectivity index (χ1v) is 8.40. The summed E-state index contributed by atoms with van der Waals surface area (Å²) in [5, 5.41) is 8.70. The Morgan fingerprint density at radius 1 is 1.16 bits per heavy atom. The molecule has 3 rings (SSSR count). The molecule has 0 aliphatic heterocycles. The van der Waals surface area contributed by atoms with Gasteiger partial charge in [-0.15, -0.1) is 0 Å². The lowest BCUT2D eigenvalue weighted by Gasteiger charge is -2.07. The molecule has 0 saturated carbocycles. The van der Waals surface area contributed by atoms with Crippen molar-refractivity contribution >= 4 is 15.7 Å². The van der Waals surface area contributed by atoms with E-state index in [2.05, 4.69) is 14.7 Å². The van der Waals surface area contributed by atoms with E-state index in [1.807, 2.05) is 0 Å². The van der Waals surface area contributed by atoms with Crippen LogP contribution in [0.1, 0.15) is 5.56 Å². The quantitative estimate of drug-likeness (QED) is 0.747. The van der Waals surface area contributed by atoms with Crippen molar-refractivity contribution in [1.29, 1.82) is 5.26 Å².